The zero-order valence-electron chi connectivity index (χ0n) is 19.1. The molecular weight excluding hydrogens is 426 g/mol. The number of nitrogens with zero attached hydrogens (tertiary/aromatic N) is 1. The van der Waals surface area contributed by atoms with Gasteiger partial charge in [0.15, 0.2) is 0 Å². The molecule has 4 nitrogen and oxygen atoms in total. The molecule has 0 saturated heterocycles. The molecule has 0 aliphatic carbocycles. The number of hydrogen-bond acceptors (Lipinski definition) is 4. The Balaban J connectivity index is 1.70. The van der Waals surface area contributed by atoms with Gasteiger partial charge in [-0.25, -0.2) is 0 Å². The SMILES string of the molecule is CC(C)(C)[Si](Oc1ccc(C#Cc2cc(CO)no2)cc1)(c1ccccc1)c1ccccc1. The monoisotopic (exact) mass is 453 g/mol. The minimum atomic E-state index is -2.66. The van der Waals surface area contributed by atoms with Gasteiger partial charge >= 0.3 is 8.32 Å². The van der Waals surface area contributed by atoms with E-state index in [4.69, 9.17) is 14.1 Å². The van der Waals surface area contributed by atoms with Gasteiger partial charge in [0.25, 0.3) is 0 Å². The maximum absolute atomic E-state index is 9.10. The van der Waals surface area contributed by atoms with Crippen LogP contribution in [0.3, 0.4) is 0 Å². The number of aliphatic hydroxyl groups excluding tert-OH is 1. The van der Waals surface area contributed by atoms with Crippen LogP contribution in [0.4, 0.5) is 0 Å². The van der Waals surface area contributed by atoms with Gasteiger partial charge in [0.2, 0.25) is 5.76 Å². The fourth-order valence-electron chi connectivity index (χ4n) is 4.01. The molecule has 1 heterocycles. The van der Waals surface area contributed by atoms with Crippen LogP contribution in [0.25, 0.3) is 0 Å². The highest BCUT2D eigenvalue weighted by atomic mass is 28.4. The van der Waals surface area contributed by atoms with Crippen LogP contribution in [-0.2, 0) is 6.61 Å². The molecular formula is C28H27NO3Si. The molecule has 1 N–H and O–H groups in total. The molecule has 0 radical (unpaired) electrons. The standard InChI is InChI=1S/C28H27NO3Si/c1-28(2,3)33(26-10-6-4-7-11-26,27-12-8-5-9-13-27)32-24-17-14-22(15-18-24)16-19-25-20-23(21-30)29-31-25/h4-15,17-18,20,30H,21H2,1-3H3. The minimum Gasteiger partial charge on any atom is -0.534 e. The number of aliphatic hydroxyl groups is 1. The lowest BCUT2D eigenvalue weighted by Gasteiger charge is -2.43. The van der Waals surface area contributed by atoms with Crippen LogP contribution in [0.2, 0.25) is 5.04 Å². The Morgan fingerprint density at radius 1 is 0.848 bits per heavy atom. The van der Waals surface area contributed by atoms with E-state index in [2.05, 4.69) is 86.3 Å². The molecule has 0 bridgehead atoms. The maximum Gasteiger partial charge on any atom is 0.319 e. The topological polar surface area (TPSA) is 55.5 Å². The summed E-state index contributed by atoms with van der Waals surface area (Å²) in [6.07, 6.45) is 0. The van der Waals surface area contributed by atoms with E-state index in [1.807, 2.05) is 36.4 Å². The molecule has 4 aromatic rings. The van der Waals surface area contributed by atoms with Gasteiger partial charge in [0, 0.05) is 11.6 Å². The first-order chi connectivity index (χ1) is 15.9. The molecule has 33 heavy (non-hydrogen) atoms. The van der Waals surface area contributed by atoms with Crippen molar-refractivity contribution in [3.05, 3.63) is 108 Å². The van der Waals surface area contributed by atoms with Gasteiger partial charge < -0.3 is 14.1 Å². The van der Waals surface area contributed by atoms with Gasteiger partial charge in [-0.3, -0.25) is 0 Å². The van der Waals surface area contributed by atoms with Crippen LogP contribution in [-0.4, -0.2) is 18.6 Å². The van der Waals surface area contributed by atoms with Gasteiger partial charge in [-0.1, -0.05) is 92.5 Å². The molecule has 1 aromatic heterocycles. The van der Waals surface area contributed by atoms with Gasteiger partial charge in [-0.15, -0.1) is 0 Å². The van der Waals surface area contributed by atoms with E-state index in [1.165, 1.54) is 10.4 Å². The van der Waals surface area contributed by atoms with Gasteiger partial charge in [0.1, 0.15) is 11.4 Å². The van der Waals surface area contributed by atoms with Crippen molar-refractivity contribution in [2.75, 3.05) is 0 Å². The van der Waals surface area contributed by atoms with Crippen LogP contribution in [0.1, 0.15) is 37.8 Å². The highest BCUT2D eigenvalue weighted by molar-refractivity contribution is 7.00. The molecule has 0 spiro atoms. The van der Waals surface area contributed by atoms with Crippen molar-refractivity contribution in [1.82, 2.24) is 5.16 Å². The lowest BCUT2D eigenvalue weighted by atomic mass is 10.2. The normalized spacial score (nSPS) is 11.5. The number of hydrogen-bond donors (Lipinski definition) is 1. The van der Waals surface area contributed by atoms with Gasteiger partial charge in [-0.2, -0.15) is 0 Å². The van der Waals surface area contributed by atoms with Crippen molar-refractivity contribution in [3.8, 4) is 17.6 Å². The molecule has 3 aromatic carbocycles. The highest BCUT2D eigenvalue weighted by Gasteiger charge is 2.52. The van der Waals surface area contributed by atoms with E-state index in [1.54, 1.807) is 6.07 Å². The molecule has 5 heteroatoms. The summed E-state index contributed by atoms with van der Waals surface area (Å²) in [4.78, 5) is 0. The summed E-state index contributed by atoms with van der Waals surface area (Å²) in [5.74, 6) is 7.25. The largest absolute Gasteiger partial charge is 0.534 e. The Hall–Kier alpha value is -3.59. The molecule has 4 rings (SSSR count). The summed E-state index contributed by atoms with van der Waals surface area (Å²) in [6.45, 7) is 6.62. The summed E-state index contributed by atoms with van der Waals surface area (Å²) < 4.78 is 12.1. The fourth-order valence-corrected chi connectivity index (χ4v) is 8.43. The molecule has 0 atom stereocenters. The van der Waals surface area contributed by atoms with E-state index in [0.717, 1.165) is 11.3 Å². The average molecular weight is 454 g/mol. The third kappa shape index (κ3) is 4.78. The van der Waals surface area contributed by atoms with Crippen molar-refractivity contribution >= 4 is 18.7 Å². The Kier molecular flexibility index (Phi) is 6.50. The van der Waals surface area contributed by atoms with E-state index >= 15 is 0 Å². The smallest absolute Gasteiger partial charge is 0.319 e. The lowest BCUT2D eigenvalue weighted by molar-refractivity contribution is 0.266. The maximum atomic E-state index is 9.10. The van der Waals surface area contributed by atoms with Crippen LogP contribution in [0, 0.1) is 11.8 Å². The molecule has 0 aliphatic rings. The Labute approximate surface area is 196 Å². The third-order valence-electron chi connectivity index (χ3n) is 5.59. The summed E-state index contributed by atoms with van der Waals surface area (Å²) >= 11 is 0. The number of rotatable bonds is 5. The van der Waals surface area contributed by atoms with Crippen LogP contribution < -0.4 is 14.8 Å². The van der Waals surface area contributed by atoms with Crippen LogP contribution in [0.5, 0.6) is 5.75 Å². The second-order valence-electron chi connectivity index (χ2n) is 8.88. The van der Waals surface area contributed by atoms with E-state index in [-0.39, 0.29) is 11.6 Å². The summed E-state index contributed by atoms with van der Waals surface area (Å²) in [5, 5.41) is 15.2. The molecule has 0 aliphatic heterocycles. The zero-order chi connectivity index (χ0) is 23.3. The van der Waals surface area contributed by atoms with Crippen LogP contribution in [0.15, 0.2) is 95.5 Å². The Morgan fingerprint density at radius 3 is 1.91 bits per heavy atom. The van der Waals surface area contributed by atoms with Crippen molar-refractivity contribution in [2.45, 2.75) is 32.4 Å². The molecule has 0 fully saturated rings. The summed E-state index contributed by atoms with van der Waals surface area (Å²) in [6, 6.07) is 30.6. The Bertz CT molecular complexity index is 1210. The highest BCUT2D eigenvalue weighted by Crippen LogP contribution is 2.37. The second kappa shape index (κ2) is 9.49. The number of aromatic nitrogens is 1. The predicted octanol–water partition coefficient (Wildman–Crippen LogP) is 4.51. The predicted molar refractivity (Wildman–Crippen MR) is 133 cm³/mol. The number of benzene rings is 3. The Morgan fingerprint density at radius 2 is 1.42 bits per heavy atom. The minimum absolute atomic E-state index is 0.106. The zero-order valence-corrected chi connectivity index (χ0v) is 20.1. The first-order valence-electron chi connectivity index (χ1n) is 10.9. The molecule has 0 amide bonds. The first-order valence-corrected chi connectivity index (χ1v) is 12.8. The van der Waals surface area contributed by atoms with Gasteiger partial charge in [0.05, 0.1) is 6.61 Å². The van der Waals surface area contributed by atoms with Gasteiger partial charge in [-0.05, 0) is 45.6 Å². The molecule has 0 unspecified atom stereocenters. The first kappa shape index (κ1) is 22.6. The van der Waals surface area contributed by atoms with E-state index in [9.17, 15) is 0 Å². The third-order valence-corrected chi connectivity index (χ3v) is 10.5. The summed E-state index contributed by atoms with van der Waals surface area (Å²) in [7, 11) is -2.66. The molecule has 0 saturated carbocycles. The lowest BCUT2D eigenvalue weighted by Crippen LogP contribution is -2.68. The van der Waals surface area contributed by atoms with Crippen molar-refractivity contribution in [1.29, 1.82) is 0 Å². The second-order valence-corrected chi connectivity index (χ2v) is 13.1. The molecule has 166 valence electrons. The van der Waals surface area contributed by atoms with E-state index < -0.39 is 8.32 Å². The van der Waals surface area contributed by atoms with E-state index in [0.29, 0.717) is 11.5 Å². The van der Waals surface area contributed by atoms with Crippen molar-refractivity contribution in [2.24, 2.45) is 0 Å². The van der Waals surface area contributed by atoms with Crippen LogP contribution >= 0.6 is 0 Å². The quantitative estimate of drug-likeness (QED) is 0.357. The average Bonchev–Trinajstić information content (AvgIpc) is 3.30. The van der Waals surface area contributed by atoms with Crippen molar-refractivity contribution in [3.63, 3.8) is 0 Å². The summed E-state index contributed by atoms with van der Waals surface area (Å²) in [5.41, 5.74) is 1.31. The fraction of sp³-hybridized carbons (Fsp3) is 0.179. The van der Waals surface area contributed by atoms with Crippen molar-refractivity contribution < 1.29 is 14.1 Å².